The zero-order valence-corrected chi connectivity index (χ0v) is 20.8. The molecule has 0 saturated heterocycles. The van der Waals surface area contributed by atoms with Crippen molar-refractivity contribution in [1.29, 1.82) is 0 Å². The Morgan fingerprint density at radius 2 is 2.00 bits per heavy atom. The number of aromatic nitrogens is 2. The summed E-state index contributed by atoms with van der Waals surface area (Å²) in [5.41, 5.74) is 7.74. The Balaban J connectivity index is 1.57. The smallest absolute Gasteiger partial charge is 0.411 e. The third kappa shape index (κ3) is 6.70. The molecule has 1 aromatic carbocycles. The topological polar surface area (TPSA) is 151 Å². The lowest BCUT2D eigenvalue weighted by atomic mass is 9.82. The number of anilines is 2. The van der Waals surface area contributed by atoms with Crippen molar-refractivity contribution in [2.24, 2.45) is 17.6 Å². The number of carbonyl (C=O) groups excluding carboxylic acids is 3. The minimum absolute atomic E-state index is 0.00981. The Labute approximate surface area is 215 Å². The van der Waals surface area contributed by atoms with E-state index in [0.29, 0.717) is 47.7 Å². The first-order chi connectivity index (χ1) is 18.0. The lowest BCUT2D eigenvalue weighted by Crippen LogP contribution is -2.36. The van der Waals surface area contributed by atoms with Crippen LogP contribution in [0.3, 0.4) is 0 Å². The highest BCUT2D eigenvalue weighted by molar-refractivity contribution is 5.97. The highest BCUT2D eigenvalue weighted by Gasteiger charge is 2.28. The summed E-state index contributed by atoms with van der Waals surface area (Å²) in [5.74, 6) is 3.69. The van der Waals surface area contributed by atoms with Crippen molar-refractivity contribution in [3.05, 3.63) is 42.4 Å². The van der Waals surface area contributed by atoms with Gasteiger partial charge in [0.25, 0.3) is 0 Å². The van der Waals surface area contributed by atoms with Gasteiger partial charge in [0.1, 0.15) is 5.82 Å². The number of benzene rings is 1. The molecule has 6 N–H and O–H groups in total. The zero-order chi connectivity index (χ0) is 26.2. The quantitative estimate of drug-likeness (QED) is 0.244. The molecule has 0 spiro atoms. The van der Waals surface area contributed by atoms with Crippen LogP contribution >= 0.6 is 0 Å². The molecular formula is C27H32N6O4. The monoisotopic (exact) mass is 504 g/mol. The van der Waals surface area contributed by atoms with Gasteiger partial charge in [-0.1, -0.05) is 18.1 Å². The number of hydrogen-bond donors (Lipinski definition) is 5. The van der Waals surface area contributed by atoms with Crippen LogP contribution in [0.2, 0.25) is 0 Å². The van der Waals surface area contributed by atoms with E-state index in [1.807, 2.05) is 12.2 Å². The second-order valence-corrected chi connectivity index (χ2v) is 9.25. The van der Waals surface area contributed by atoms with Gasteiger partial charge in [0, 0.05) is 35.6 Å². The van der Waals surface area contributed by atoms with Crippen molar-refractivity contribution in [2.45, 2.75) is 51.0 Å². The molecule has 2 bridgehead atoms. The predicted molar refractivity (Wildman–Crippen MR) is 140 cm³/mol. The molecule has 10 heteroatoms. The second-order valence-electron chi connectivity index (χ2n) is 9.25. The van der Waals surface area contributed by atoms with Crippen LogP contribution in [0.15, 0.2) is 36.5 Å². The van der Waals surface area contributed by atoms with Crippen molar-refractivity contribution >= 4 is 29.3 Å². The molecule has 2 heterocycles. The number of nitrogens with zero attached hydrogens (tertiary/aromatic N) is 1. The average Bonchev–Trinajstić information content (AvgIpc) is 3.38. The molecule has 1 saturated carbocycles. The molecule has 10 nitrogen and oxygen atoms in total. The third-order valence-electron chi connectivity index (χ3n) is 6.72. The maximum atomic E-state index is 13.1. The summed E-state index contributed by atoms with van der Waals surface area (Å²) < 4.78 is 4.66. The fourth-order valence-electron chi connectivity index (χ4n) is 4.70. The van der Waals surface area contributed by atoms with Crippen LogP contribution in [0, 0.1) is 23.8 Å². The van der Waals surface area contributed by atoms with Crippen molar-refractivity contribution < 1.29 is 19.1 Å². The van der Waals surface area contributed by atoms with Crippen LogP contribution in [0.5, 0.6) is 0 Å². The largest absolute Gasteiger partial charge is 0.453 e. The van der Waals surface area contributed by atoms with E-state index < -0.39 is 6.09 Å². The molecule has 2 aliphatic rings. The van der Waals surface area contributed by atoms with Gasteiger partial charge in [-0.15, -0.1) is 0 Å². The zero-order valence-electron chi connectivity index (χ0n) is 20.8. The SMILES string of the molecule is COC(=O)Nc1ccc2c(c1)NC(=O)CC/C=C/C[C@H](NC(=O)C1CCC(C#CN)CC1)c1ncc-2[nH]1. The van der Waals surface area contributed by atoms with E-state index >= 15 is 0 Å². The summed E-state index contributed by atoms with van der Waals surface area (Å²) in [4.78, 5) is 45.3. The number of nitrogens with one attached hydrogen (secondary N) is 4. The van der Waals surface area contributed by atoms with Gasteiger partial charge in [0.15, 0.2) is 0 Å². The van der Waals surface area contributed by atoms with Crippen molar-refractivity contribution in [2.75, 3.05) is 17.7 Å². The number of amides is 3. The van der Waals surface area contributed by atoms with Crippen LogP contribution in [-0.2, 0) is 14.3 Å². The van der Waals surface area contributed by atoms with Crippen LogP contribution in [-0.4, -0.2) is 35.0 Å². The van der Waals surface area contributed by atoms with Crippen LogP contribution in [0.25, 0.3) is 11.3 Å². The Bertz CT molecular complexity index is 1230. The number of fused-ring (bicyclic) bond motifs is 4. The number of imidazole rings is 1. The third-order valence-corrected chi connectivity index (χ3v) is 6.72. The van der Waals surface area contributed by atoms with Gasteiger partial charge in [-0.3, -0.25) is 14.9 Å². The molecule has 1 fully saturated rings. The van der Waals surface area contributed by atoms with E-state index in [1.165, 1.54) is 7.11 Å². The number of H-pyrrole nitrogens is 1. The molecule has 194 valence electrons. The van der Waals surface area contributed by atoms with Gasteiger partial charge in [0.2, 0.25) is 11.8 Å². The lowest BCUT2D eigenvalue weighted by Gasteiger charge is -2.26. The standard InChI is InChI=1S/C27H32N6O4/c1-37-27(36)30-19-11-12-20-22(15-19)31-24(34)6-4-2-3-5-21(25-29-16-23(20)32-25)33-26(35)18-9-7-17(8-10-18)13-14-28/h2-3,11-12,15-18,21H,4-10,28H2,1H3,(H,29,32)(H,30,36)(H,31,34)(H,33,35)/b3-2+/t17?,18?,21-/m0/s1. The van der Waals surface area contributed by atoms with Gasteiger partial charge in [0.05, 0.1) is 30.7 Å². The molecule has 1 aliphatic carbocycles. The minimum atomic E-state index is -0.607. The van der Waals surface area contributed by atoms with E-state index in [0.717, 1.165) is 25.7 Å². The Morgan fingerprint density at radius 3 is 2.76 bits per heavy atom. The molecule has 1 atom stereocenters. The van der Waals surface area contributed by atoms with Crippen molar-refractivity contribution in [3.8, 4) is 23.2 Å². The highest BCUT2D eigenvalue weighted by Crippen LogP contribution is 2.32. The summed E-state index contributed by atoms with van der Waals surface area (Å²) in [5, 5.41) is 8.72. The molecule has 1 aliphatic heterocycles. The molecule has 3 amide bonds. The van der Waals surface area contributed by atoms with E-state index in [2.05, 4.69) is 42.6 Å². The first-order valence-electron chi connectivity index (χ1n) is 12.5. The normalized spacial score (nSPS) is 22.3. The van der Waals surface area contributed by atoms with Gasteiger partial charge < -0.3 is 26.1 Å². The second kappa shape index (κ2) is 12.1. The summed E-state index contributed by atoms with van der Waals surface area (Å²) >= 11 is 0. The highest BCUT2D eigenvalue weighted by atomic mass is 16.5. The van der Waals surface area contributed by atoms with Crippen molar-refractivity contribution in [3.63, 3.8) is 0 Å². The Kier molecular flexibility index (Phi) is 8.46. The molecule has 37 heavy (non-hydrogen) atoms. The van der Waals surface area contributed by atoms with Crippen LogP contribution in [0.1, 0.15) is 56.8 Å². The molecule has 2 aromatic rings. The van der Waals surface area contributed by atoms with E-state index in [4.69, 9.17) is 5.73 Å². The summed E-state index contributed by atoms with van der Waals surface area (Å²) in [6.07, 6.45) is 9.66. The van der Waals surface area contributed by atoms with Crippen molar-refractivity contribution in [1.82, 2.24) is 15.3 Å². The number of nitrogens with two attached hydrogens (primary N) is 1. The van der Waals surface area contributed by atoms with Gasteiger partial charge >= 0.3 is 6.09 Å². The number of aromatic amines is 1. The fourth-order valence-corrected chi connectivity index (χ4v) is 4.70. The van der Waals surface area contributed by atoms with Gasteiger partial charge in [-0.2, -0.15) is 0 Å². The van der Waals surface area contributed by atoms with Crippen LogP contribution < -0.4 is 21.7 Å². The maximum Gasteiger partial charge on any atom is 0.411 e. The first-order valence-corrected chi connectivity index (χ1v) is 12.5. The Hall–Kier alpha value is -4.26. The number of methoxy groups -OCH3 is 1. The molecular weight excluding hydrogens is 472 g/mol. The number of rotatable bonds is 3. The van der Waals surface area contributed by atoms with E-state index in [-0.39, 0.29) is 29.7 Å². The molecule has 0 unspecified atom stereocenters. The Morgan fingerprint density at radius 1 is 1.19 bits per heavy atom. The number of hydrogen-bond acceptors (Lipinski definition) is 6. The minimum Gasteiger partial charge on any atom is -0.453 e. The molecule has 0 radical (unpaired) electrons. The molecule has 1 aromatic heterocycles. The summed E-state index contributed by atoms with van der Waals surface area (Å²) in [7, 11) is 1.28. The number of ether oxygens (including phenoxy) is 1. The predicted octanol–water partition coefficient (Wildman–Crippen LogP) is 3.82. The van der Waals surface area contributed by atoms with Crippen LogP contribution in [0.4, 0.5) is 16.2 Å². The van der Waals surface area contributed by atoms with E-state index in [9.17, 15) is 14.4 Å². The van der Waals surface area contributed by atoms with Gasteiger partial charge in [-0.25, -0.2) is 9.78 Å². The number of carbonyl (C=O) groups is 3. The van der Waals surface area contributed by atoms with E-state index in [1.54, 1.807) is 24.4 Å². The summed E-state index contributed by atoms with van der Waals surface area (Å²) in [6, 6.07) is 7.32. The number of allylic oxidation sites excluding steroid dienone is 1. The molecule has 4 rings (SSSR count). The average molecular weight is 505 g/mol. The summed E-state index contributed by atoms with van der Waals surface area (Å²) in [6.45, 7) is 0. The maximum absolute atomic E-state index is 13.1. The van der Waals surface area contributed by atoms with Gasteiger partial charge in [-0.05, 0) is 56.7 Å². The lowest BCUT2D eigenvalue weighted by molar-refractivity contribution is -0.127. The fraction of sp³-hybridized carbons (Fsp3) is 0.407. The first kappa shape index (κ1) is 25.8.